The highest BCUT2D eigenvalue weighted by Gasteiger charge is 2.22. The lowest BCUT2D eigenvalue weighted by Gasteiger charge is -2.24. The maximum absolute atomic E-state index is 11.7. The summed E-state index contributed by atoms with van der Waals surface area (Å²) in [5, 5.41) is 0. The smallest absolute Gasteiger partial charge is 0.149 e. The SMILES string of the molecule is CCC(C)C(=O)CN(C)C1CCCC1. The van der Waals surface area contributed by atoms with Crippen molar-refractivity contribution < 1.29 is 4.79 Å². The summed E-state index contributed by atoms with van der Waals surface area (Å²) in [5.41, 5.74) is 0. The van der Waals surface area contributed by atoms with Crippen LogP contribution in [0, 0.1) is 5.92 Å². The molecule has 1 rings (SSSR count). The minimum absolute atomic E-state index is 0.235. The van der Waals surface area contributed by atoms with Gasteiger partial charge in [0, 0.05) is 12.0 Å². The Kier molecular flexibility index (Phi) is 4.59. The van der Waals surface area contributed by atoms with E-state index < -0.39 is 0 Å². The molecular formula is C12H23NO. The highest BCUT2D eigenvalue weighted by Crippen LogP contribution is 2.22. The van der Waals surface area contributed by atoms with E-state index in [0.29, 0.717) is 18.4 Å². The second-order valence-corrected chi connectivity index (χ2v) is 4.63. The van der Waals surface area contributed by atoms with Crippen LogP contribution in [-0.4, -0.2) is 30.3 Å². The fourth-order valence-corrected chi connectivity index (χ4v) is 2.10. The van der Waals surface area contributed by atoms with Crippen LogP contribution in [0.4, 0.5) is 0 Å². The van der Waals surface area contributed by atoms with E-state index >= 15 is 0 Å². The number of hydrogen-bond acceptors (Lipinski definition) is 2. The topological polar surface area (TPSA) is 20.3 Å². The van der Waals surface area contributed by atoms with Crippen molar-refractivity contribution in [1.29, 1.82) is 0 Å². The van der Waals surface area contributed by atoms with Crippen molar-refractivity contribution in [2.45, 2.75) is 52.0 Å². The second-order valence-electron chi connectivity index (χ2n) is 4.63. The normalized spacial score (nSPS) is 20.3. The van der Waals surface area contributed by atoms with Crippen LogP contribution in [0.3, 0.4) is 0 Å². The molecule has 0 aliphatic heterocycles. The van der Waals surface area contributed by atoms with Crippen molar-refractivity contribution in [3.8, 4) is 0 Å². The van der Waals surface area contributed by atoms with Crippen LogP contribution >= 0.6 is 0 Å². The minimum Gasteiger partial charge on any atom is -0.298 e. The second kappa shape index (κ2) is 5.50. The van der Waals surface area contributed by atoms with Crippen molar-refractivity contribution in [1.82, 2.24) is 4.90 Å². The van der Waals surface area contributed by atoms with Crippen LogP contribution in [0.2, 0.25) is 0 Å². The lowest BCUT2D eigenvalue weighted by atomic mass is 10.0. The predicted octanol–water partition coefficient (Wildman–Crippen LogP) is 2.48. The average Bonchev–Trinajstić information content (AvgIpc) is 2.69. The monoisotopic (exact) mass is 197 g/mol. The first kappa shape index (κ1) is 11.7. The summed E-state index contributed by atoms with van der Waals surface area (Å²) in [6, 6.07) is 0.669. The molecular weight excluding hydrogens is 174 g/mol. The number of carbonyl (C=O) groups excluding carboxylic acids is 1. The number of nitrogens with zero attached hydrogens (tertiary/aromatic N) is 1. The third-order valence-corrected chi connectivity index (χ3v) is 3.52. The molecule has 0 N–H and O–H groups in total. The van der Waals surface area contributed by atoms with Gasteiger partial charge in [0.15, 0.2) is 0 Å². The van der Waals surface area contributed by atoms with Gasteiger partial charge in [-0.05, 0) is 26.3 Å². The van der Waals surface area contributed by atoms with Crippen molar-refractivity contribution in [3.63, 3.8) is 0 Å². The Hall–Kier alpha value is -0.370. The Morgan fingerprint density at radius 2 is 2.00 bits per heavy atom. The molecule has 1 aliphatic carbocycles. The predicted molar refractivity (Wildman–Crippen MR) is 59.3 cm³/mol. The molecule has 1 aliphatic rings. The first-order chi connectivity index (χ1) is 6.65. The third kappa shape index (κ3) is 3.09. The van der Waals surface area contributed by atoms with Gasteiger partial charge in [-0.1, -0.05) is 26.7 Å². The fourth-order valence-electron chi connectivity index (χ4n) is 2.10. The van der Waals surface area contributed by atoms with Gasteiger partial charge in [-0.2, -0.15) is 0 Å². The lowest BCUT2D eigenvalue weighted by molar-refractivity contribution is -0.123. The maximum Gasteiger partial charge on any atom is 0.149 e. The van der Waals surface area contributed by atoms with E-state index in [1.807, 2.05) is 6.92 Å². The molecule has 2 nitrogen and oxygen atoms in total. The molecule has 1 unspecified atom stereocenters. The Morgan fingerprint density at radius 3 is 2.50 bits per heavy atom. The number of likely N-dealkylation sites (N-methyl/N-ethyl adjacent to an activating group) is 1. The van der Waals surface area contributed by atoms with E-state index in [1.165, 1.54) is 25.7 Å². The highest BCUT2D eigenvalue weighted by atomic mass is 16.1. The molecule has 0 heterocycles. The first-order valence-corrected chi connectivity index (χ1v) is 5.88. The number of hydrogen-bond donors (Lipinski definition) is 0. The van der Waals surface area contributed by atoms with Crippen LogP contribution in [-0.2, 0) is 4.79 Å². The molecule has 1 saturated carbocycles. The Balaban J connectivity index is 2.31. The maximum atomic E-state index is 11.7. The van der Waals surface area contributed by atoms with Crippen molar-refractivity contribution >= 4 is 5.78 Å². The number of ketones is 1. The fraction of sp³-hybridized carbons (Fsp3) is 0.917. The Bertz CT molecular complexity index is 185. The van der Waals surface area contributed by atoms with Crippen molar-refractivity contribution in [2.75, 3.05) is 13.6 Å². The summed E-state index contributed by atoms with van der Waals surface area (Å²) >= 11 is 0. The van der Waals surface area contributed by atoms with Gasteiger partial charge in [0.05, 0.1) is 6.54 Å². The van der Waals surface area contributed by atoms with Gasteiger partial charge in [0.2, 0.25) is 0 Å². The van der Waals surface area contributed by atoms with E-state index in [2.05, 4.69) is 18.9 Å². The van der Waals surface area contributed by atoms with Crippen molar-refractivity contribution in [3.05, 3.63) is 0 Å². The zero-order chi connectivity index (χ0) is 10.6. The molecule has 0 amide bonds. The average molecular weight is 197 g/mol. The lowest BCUT2D eigenvalue weighted by Crippen LogP contribution is -2.35. The van der Waals surface area contributed by atoms with Crippen molar-refractivity contribution in [2.24, 2.45) is 5.92 Å². The number of carbonyl (C=O) groups is 1. The van der Waals surface area contributed by atoms with E-state index in [0.717, 1.165) is 6.42 Å². The molecule has 0 aromatic carbocycles. The molecule has 0 saturated heterocycles. The summed E-state index contributed by atoms with van der Waals surface area (Å²) in [5.74, 6) is 0.640. The zero-order valence-corrected chi connectivity index (χ0v) is 9.75. The van der Waals surface area contributed by atoms with Crippen LogP contribution in [0.5, 0.6) is 0 Å². The molecule has 0 aromatic heterocycles. The van der Waals surface area contributed by atoms with E-state index in [1.54, 1.807) is 0 Å². The summed E-state index contributed by atoms with van der Waals surface area (Å²) in [6.07, 6.45) is 6.21. The molecule has 1 atom stereocenters. The van der Waals surface area contributed by atoms with E-state index in [-0.39, 0.29) is 5.92 Å². The van der Waals surface area contributed by atoms with Crippen LogP contribution in [0.25, 0.3) is 0 Å². The van der Waals surface area contributed by atoms with Gasteiger partial charge < -0.3 is 0 Å². The molecule has 0 aromatic rings. The summed E-state index contributed by atoms with van der Waals surface area (Å²) in [6.45, 7) is 4.77. The molecule has 0 radical (unpaired) electrons. The molecule has 82 valence electrons. The summed E-state index contributed by atoms with van der Waals surface area (Å²) in [7, 11) is 2.09. The van der Waals surface area contributed by atoms with Gasteiger partial charge in [-0.25, -0.2) is 0 Å². The summed E-state index contributed by atoms with van der Waals surface area (Å²) < 4.78 is 0. The quantitative estimate of drug-likeness (QED) is 0.675. The minimum atomic E-state index is 0.235. The molecule has 14 heavy (non-hydrogen) atoms. The molecule has 0 bridgehead atoms. The van der Waals surface area contributed by atoms with Crippen LogP contribution in [0.15, 0.2) is 0 Å². The highest BCUT2D eigenvalue weighted by molar-refractivity contribution is 5.82. The van der Waals surface area contributed by atoms with Gasteiger partial charge in [0.25, 0.3) is 0 Å². The van der Waals surface area contributed by atoms with Gasteiger partial charge in [0.1, 0.15) is 5.78 Å². The third-order valence-electron chi connectivity index (χ3n) is 3.52. The van der Waals surface area contributed by atoms with E-state index in [9.17, 15) is 4.79 Å². The number of Topliss-reactive ketones (excluding diaryl/α,β-unsaturated/α-hetero) is 1. The molecule has 1 fully saturated rings. The molecule has 0 spiro atoms. The Morgan fingerprint density at radius 1 is 1.43 bits per heavy atom. The standard InChI is InChI=1S/C12H23NO/c1-4-10(2)12(14)9-13(3)11-7-5-6-8-11/h10-11H,4-9H2,1-3H3. The van der Waals surface area contributed by atoms with Gasteiger partial charge in [-0.3, -0.25) is 9.69 Å². The Labute approximate surface area is 87.7 Å². The van der Waals surface area contributed by atoms with Gasteiger partial charge in [-0.15, -0.1) is 0 Å². The largest absolute Gasteiger partial charge is 0.298 e. The first-order valence-electron chi connectivity index (χ1n) is 5.88. The zero-order valence-electron chi connectivity index (χ0n) is 9.75. The number of rotatable bonds is 5. The summed E-state index contributed by atoms with van der Waals surface area (Å²) in [4.78, 5) is 14.0. The van der Waals surface area contributed by atoms with Gasteiger partial charge >= 0.3 is 0 Å². The molecule has 2 heteroatoms. The van der Waals surface area contributed by atoms with Crippen LogP contribution < -0.4 is 0 Å². The van der Waals surface area contributed by atoms with E-state index in [4.69, 9.17) is 0 Å². The van der Waals surface area contributed by atoms with Crippen LogP contribution in [0.1, 0.15) is 46.0 Å².